The van der Waals surface area contributed by atoms with Gasteiger partial charge in [0.15, 0.2) is 0 Å². The van der Waals surface area contributed by atoms with Gasteiger partial charge in [-0.1, -0.05) is 147 Å². The predicted octanol–water partition coefficient (Wildman–Crippen LogP) is 8.84. The average Bonchev–Trinajstić information content (AvgIpc) is 3.87. The third-order valence-corrected chi connectivity index (χ3v) is 11.8. The molecular weight excluding hydrogens is 901 g/mol. The Balaban J connectivity index is 0.000000210. The summed E-state index contributed by atoms with van der Waals surface area (Å²) in [4.78, 5) is 0. The molecule has 6 aromatic carbocycles. The number of halogens is 8. The van der Waals surface area contributed by atoms with Crippen LogP contribution in [-0.4, -0.2) is 3.21 Å². The third-order valence-electron chi connectivity index (χ3n) is 10.4. The van der Waals surface area contributed by atoms with Crippen molar-refractivity contribution in [1.29, 1.82) is 0 Å². The van der Waals surface area contributed by atoms with Crippen molar-refractivity contribution in [2.45, 2.75) is 53.4 Å². The van der Waals surface area contributed by atoms with Gasteiger partial charge in [-0.15, -0.1) is 29.3 Å². The molecule has 61 heavy (non-hydrogen) atoms. The van der Waals surface area contributed by atoms with Crippen molar-refractivity contribution >= 4 is 3.21 Å². The van der Waals surface area contributed by atoms with Gasteiger partial charge in [-0.05, 0) is 23.1 Å². The number of alkyl halides is 6. The van der Waals surface area contributed by atoms with Crippen molar-refractivity contribution in [2.24, 2.45) is 17.3 Å². The molecule has 0 aromatic heterocycles. The van der Waals surface area contributed by atoms with Crippen LogP contribution < -0.4 is 24.8 Å². The van der Waals surface area contributed by atoms with Crippen LogP contribution in [-0.2, 0) is 43.0 Å². The molecule has 0 nitrogen and oxygen atoms in total. The number of fused-ring (bicyclic) bond motifs is 3. The van der Waals surface area contributed by atoms with Crippen LogP contribution in [0.25, 0.3) is 33.4 Å². The van der Waals surface area contributed by atoms with Crippen LogP contribution in [0.15, 0.2) is 157 Å². The van der Waals surface area contributed by atoms with E-state index < -0.39 is 23.5 Å². The molecule has 0 saturated heterocycles. The van der Waals surface area contributed by atoms with Gasteiger partial charge in [-0.3, -0.25) is 6.08 Å². The van der Waals surface area contributed by atoms with Crippen molar-refractivity contribution in [3.63, 3.8) is 0 Å². The van der Waals surface area contributed by atoms with Crippen LogP contribution >= 0.6 is 0 Å². The van der Waals surface area contributed by atoms with E-state index in [1.807, 2.05) is 0 Å². The summed E-state index contributed by atoms with van der Waals surface area (Å²) in [6, 6.07) is 45.2. The first-order valence-electron chi connectivity index (χ1n) is 19.4. The van der Waals surface area contributed by atoms with Gasteiger partial charge in [-0.25, -0.2) is 6.08 Å². The van der Waals surface area contributed by atoms with Crippen LogP contribution in [0.3, 0.4) is 0 Å². The maximum atomic E-state index is 12.5. The maximum Gasteiger partial charge on any atom is -0.0181 e. The molecule has 0 spiro atoms. The van der Waals surface area contributed by atoms with Crippen molar-refractivity contribution < 1.29 is 75.4 Å². The SMILES string of the molecule is CC(C)C1[C-]=CC(C(C)(C)C)=C1.FC(F)(F)c1ccc([C](=[Zr+2])c2ccc(C(F)(F)F)cc2)cc1.[Cl-].[Cl-].[c-]1c(-c2ccccc2)ccc2c1Cc1cc(-c3ccccc3)ccc1-2. The first-order chi connectivity index (χ1) is 27.9. The van der Waals surface area contributed by atoms with Gasteiger partial charge in [0.2, 0.25) is 0 Å². The van der Waals surface area contributed by atoms with Crippen LogP contribution in [0, 0.1) is 29.4 Å². The van der Waals surface area contributed by atoms with E-state index in [-0.39, 0.29) is 30.2 Å². The first kappa shape index (κ1) is 49.4. The molecular formula is C52H44Cl2F6Zr-2. The van der Waals surface area contributed by atoms with Crippen LogP contribution in [0.5, 0.6) is 0 Å². The van der Waals surface area contributed by atoms with Gasteiger partial charge in [0.1, 0.15) is 0 Å². The summed E-state index contributed by atoms with van der Waals surface area (Å²) in [6.45, 7) is 11.2. The smallest absolute Gasteiger partial charge is 0.0181 e. The Kier molecular flexibility index (Phi) is 16.8. The predicted molar refractivity (Wildman–Crippen MR) is 224 cm³/mol. The van der Waals surface area contributed by atoms with Gasteiger partial charge in [-0.2, -0.15) is 11.6 Å². The molecule has 8 rings (SSSR count). The van der Waals surface area contributed by atoms with E-state index in [2.05, 4.69) is 150 Å². The average molecular weight is 945 g/mol. The standard InChI is InChI=1S/C25H17.C15H8F6.C12H19.2ClH.Zr/c1-3-7-18(8-4-1)20-11-13-24-22(15-20)17-23-16-21(12-14-25(23)24)19-9-5-2-6-10-19;16-14(17,18)12-5-1-10(2-6-12)9-11-3-7-13(8-4-11)15(19,20)21;1-9(2)10-6-7-11(8-10)12(3,4)5;;;/h1-15H,17H2;1-8H;7-10H,1-5H3;2*1H;/q-1;;-1;;;+2/p-2. The third kappa shape index (κ3) is 12.7. The van der Waals surface area contributed by atoms with E-state index in [4.69, 9.17) is 0 Å². The molecule has 0 saturated carbocycles. The van der Waals surface area contributed by atoms with Gasteiger partial charge >= 0.3 is 137 Å². The minimum Gasteiger partial charge on any atom is -1.00 e. The largest absolute Gasteiger partial charge is 1.00 e. The topological polar surface area (TPSA) is 0 Å². The minimum absolute atomic E-state index is 0. The molecule has 6 aromatic rings. The van der Waals surface area contributed by atoms with Gasteiger partial charge in [0.05, 0.1) is 0 Å². The van der Waals surface area contributed by atoms with Crippen LogP contribution in [0.1, 0.15) is 68.0 Å². The van der Waals surface area contributed by atoms with Crippen molar-refractivity contribution in [1.82, 2.24) is 0 Å². The molecule has 314 valence electrons. The molecule has 0 bridgehead atoms. The van der Waals surface area contributed by atoms with E-state index in [0.29, 0.717) is 26.2 Å². The molecule has 2 aliphatic rings. The summed E-state index contributed by atoms with van der Waals surface area (Å²) in [5.41, 5.74) is 11.7. The fraction of sp³-hybridized carbons (Fsp3) is 0.212. The quantitative estimate of drug-likeness (QED) is 0.120. The molecule has 1 atom stereocenters. The van der Waals surface area contributed by atoms with E-state index >= 15 is 0 Å². The Labute approximate surface area is 383 Å². The Hall–Kier alpha value is -4.29. The fourth-order valence-electron chi connectivity index (χ4n) is 6.87. The minimum atomic E-state index is -4.41. The molecule has 9 heteroatoms. The molecule has 1 unspecified atom stereocenters. The molecule has 0 radical (unpaired) electrons. The van der Waals surface area contributed by atoms with E-state index in [1.165, 1.54) is 74.3 Å². The van der Waals surface area contributed by atoms with Gasteiger partial charge in [0.25, 0.3) is 0 Å². The Morgan fingerprint density at radius 1 is 0.607 bits per heavy atom. The second kappa shape index (κ2) is 20.7. The van der Waals surface area contributed by atoms with E-state index in [9.17, 15) is 26.3 Å². The molecule has 0 amide bonds. The molecule has 2 aliphatic carbocycles. The number of allylic oxidation sites excluding steroid dienone is 4. The first-order valence-corrected chi connectivity index (χ1v) is 20.7. The fourth-order valence-corrected chi connectivity index (χ4v) is 7.68. The number of hydrogen-bond donors (Lipinski definition) is 0. The number of hydrogen-bond acceptors (Lipinski definition) is 0. The zero-order chi connectivity index (χ0) is 42.5. The van der Waals surface area contributed by atoms with Crippen molar-refractivity contribution in [3.8, 4) is 33.4 Å². The summed E-state index contributed by atoms with van der Waals surface area (Å²) >= 11 is 0.898. The van der Waals surface area contributed by atoms with Crippen molar-refractivity contribution in [3.05, 3.63) is 203 Å². The summed E-state index contributed by atoms with van der Waals surface area (Å²) in [5, 5.41) is 0. The van der Waals surface area contributed by atoms with Crippen molar-refractivity contribution in [2.75, 3.05) is 0 Å². The summed E-state index contributed by atoms with van der Waals surface area (Å²) < 4.78 is 75.6. The maximum absolute atomic E-state index is 12.5. The summed E-state index contributed by atoms with van der Waals surface area (Å²) in [5.74, 6) is 1.22. The van der Waals surface area contributed by atoms with Gasteiger partial charge in [0, 0.05) is 0 Å². The Morgan fingerprint density at radius 3 is 1.54 bits per heavy atom. The molecule has 0 fully saturated rings. The summed E-state index contributed by atoms with van der Waals surface area (Å²) in [7, 11) is 0. The van der Waals surface area contributed by atoms with Gasteiger partial charge < -0.3 is 24.8 Å². The molecule has 0 N–H and O–H groups in total. The van der Waals surface area contributed by atoms with Crippen LogP contribution in [0.4, 0.5) is 26.3 Å². The normalized spacial score (nSPS) is 13.9. The Bertz CT molecular complexity index is 2300. The second-order valence-electron chi connectivity index (χ2n) is 16.0. The van der Waals surface area contributed by atoms with E-state index in [1.54, 1.807) is 0 Å². The number of rotatable bonds is 5. The van der Waals surface area contributed by atoms with Crippen LogP contribution in [0.2, 0.25) is 0 Å². The zero-order valence-electron chi connectivity index (χ0n) is 34.3. The molecule has 0 heterocycles. The zero-order valence-corrected chi connectivity index (χ0v) is 38.3. The number of benzene rings is 6. The second-order valence-corrected chi connectivity index (χ2v) is 17.3. The summed E-state index contributed by atoms with van der Waals surface area (Å²) in [6.07, 6.45) is 0.0516. The Morgan fingerprint density at radius 2 is 1.10 bits per heavy atom. The van der Waals surface area contributed by atoms with E-state index in [0.717, 1.165) is 54.9 Å². The molecule has 0 aliphatic heterocycles. The monoisotopic (exact) mass is 942 g/mol.